The highest BCUT2D eigenvalue weighted by atomic mass is 16.5. The lowest BCUT2D eigenvalue weighted by Gasteiger charge is -2.14. The number of anilines is 1. The Balaban J connectivity index is 2.09. The first-order chi connectivity index (χ1) is 12.5. The van der Waals surface area contributed by atoms with E-state index in [2.05, 4.69) is 5.32 Å². The van der Waals surface area contributed by atoms with Gasteiger partial charge in [-0.05, 0) is 36.2 Å². The number of methoxy groups -OCH3 is 3. The number of carbonyl (C=O) groups excluding carboxylic acids is 2. The van der Waals surface area contributed by atoms with Gasteiger partial charge in [0.25, 0.3) is 5.91 Å². The fourth-order valence-corrected chi connectivity index (χ4v) is 2.56. The minimum absolute atomic E-state index is 0.214. The number of primary amides is 1. The average molecular weight is 358 g/mol. The van der Waals surface area contributed by atoms with Gasteiger partial charge in [-0.15, -0.1) is 0 Å². The van der Waals surface area contributed by atoms with Gasteiger partial charge in [-0.2, -0.15) is 0 Å². The molecule has 7 heteroatoms. The lowest BCUT2D eigenvalue weighted by Crippen LogP contribution is -2.18. The number of benzene rings is 2. The second-order valence-electron chi connectivity index (χ2n) is 5.49. The Labute approximate surface area is 152 Å². The molecule has 0 heterocycles. The first-order valence-electron chi connectivity index (χ1n) is 7.97. The number of aryl methyl sites for hydroxylation is 1. The van der Waals surface area contributed by atoms with Crippen LogP contribution in [0.25, 0.3) is 0 Å². The highest BCUT2D eigenvalue weighted by Crippen LogP contribution is 2.38. The smallest absolute Gasteiger partial charge is 0.250 e. The van der Waals surface area contributed by atoms with Crippen molar-refractivity contribution in [2.75, 3.05) is 26.6 Å². The molecule has 2 aromatic carbocycles. The minimum Gasteiger partial charge on any atom is -0.493 e. The molecule has 3 N–H and O–H groups in total. The summed E-state index contributed by atoms with van der Waals surface area (Å²) in [4.78, 5) is 23.7. The van der Waals surface area contributed by atoms with Gasteiger partial charge in [0.15, 0.2) is 11.5 Å². The zero-order chi connectivity index (χ0) is 19.1. The topological polar surface area (TPSA) is 99.9 Å². The molecule has 0 atom stereocenters. The number of amides is 2. The zero-order valence-electron chi connectivity index (χ0n) is 15.0. The maximum absolute atomic E-state index is 12.2. The number of nitrogens with two attached hydrogens (primary N) is 1. The van der Waals surface area contributed by atoms with Crippen LogP contribution in [0.4, 0.5) is 5.69 Å². The van der Waals surface area contributed by atoms with E-state index in [1.54, 1.807) is 36.4 Å². The molecule has 7 nitrogen and oxygen atoms in total. The molecule has 0 aliphatic heterocycles. The molecule has 138 valence electrons. The molecule has 0 aliphatic rings. The number of rotatable bonds is 8. The fraction of sp³-hybridized carbons (Fsp3) is 0.263. The van der Waals surface area contributed by atoms with Crippen LogP contribution in [0.15, 0.2) is 36.4 Å². The molecule has 26 heavy (non-hydrogen) atoms. The lowest BCUT2D eigenvalue weighted by atomic mass is 10.1. The largest absolute Gasteiger partial charge is 0.493 e. The molecule has 0 unspecified atom stereocenters. The molecule has 0 saturated heterocycles. The molecule has 2 amide bonds. The van der Waals surface area contributed by atoms with Crippen LogP contribution in [0.5, 0.6) is 17.2 Å². The summed E-state index contributed by atoms with van der Waals surface area (Å²) in [6.07, 6.45) is 0.674. The Morgan fingerprint density at radius 1 is 1.00 bits per heavy atom. The monoisotopic (exact) mass is 358 g/mol. The Kier molecular flexibility index (Phi) is 6.43. The lowest BCUT2D eigenvalue weighted by molar-refractivity contribution is -0.116. The van der Waals surface area contributed by atoms with Crippen LogP contribution >= 0.6 is 0 Å². The first-order valence-corrected chi connectivity index (χ1v) is 7.97. The normalized spacial score (nSPS) is 10.1. The number of hydrogen-bond donors (Lipinski definition) is 2. The van der Waals surface area contributed by atoms with E-state index >= 15 is 0 Å². The second-order valence-corrected chi connectivity index (χ2v) is 5.49. The van der Waals surface area contributed by atoms with E-state index in [-0.39, 0.29) is 17.9 Å². The van der Waals surface area contributed by atoms with Crippen LogP contribution < -0.4 is 25.3 Å². The minimum atomic E-state index is -0.592. The van der Waals surface area contributed by atoms with Crippen molar-refractivity contribution in [3.63, 3.8) is 0 Å². The van der Waals surface area contributed by atoms with Crippen LogP contribution in [0.3, 0.4) is 0 Å². The molecule has 0 aliphatic carbocycles. The fourth-order valence-electron chi connectivity index (χ4n) is 2.56. The van der Waals surface area contributed by atoms with Crippen molar-refractivity contribution in [1.82, 2.24) is 0 Å². The Morgan fingerprint density at radius 3 is 2.15 bits per heavy atom. The van der Waals surface area contributed by atoms with Crippen molar-refractivity contribution in [2.24, 2.45) is 5.73 Å². The number of para-hydroxylation sites is 1. The van der Waals surface area contributed by atoms with Crippen LogP contribution in [0, 0.1) is 0 Å². The predicted octanol–water partition coefficient (Wildman–Crippen LogP) is 2.38. The van der Waals surface area contributed by atoms with Gasteiger partial charge < -0.3 is 25.3 Å². The van der Waals surface area contributed by atoms with E-state index in [0.29, 0.717) is 29.4 Å². The summed E-state index contributed by atoms with van der Waals surface area (Å²) in [6.45, 7) is 0. The Morgan fingerprint density at radius 2 is 1.62 bits per heavy atom. The first kappa shape index (κ1) is 19.1. The van der Waals surface area contributed by atoms with Gasteiger partial charge in [0, 0.05) is 6.42 Å². The highest BCUT2D eigenvalue weighted by Gasteiger charge is 2.15. The summed E-state index contributed by atoms with van der Waals surface area (Å²) in [5.74, 6) is 0.735. The highest BCUT2D eigenvalue weighted by molar-refractivity contribution is 6.03. The van der Waals surface area contributed by atoms with E-state index in [9.17, 15) is 9.59 Å². The number of carbonyl (C=O) groups is 2. The molecule has 0 fully saturated rings. The molecule has 0 spiro atoms. The van der Waals surface area contributed by atoms with Gasteiger partial charge in [-0.1, -0.05) is 12.1 Å². The second kappa shape index (κ2) is 8.75. The maximum atomic E-state index is 12.2. The van der Waals surface area contributed by atoms with E-state index in [1.165, 1.54) is 21.3 Å². The van der Waals surface area contributed by atoms with Crippen LogP contribution in [0.1, 0.15) is 22.3 Å². The molecule has 2 aromatic rings. The Hall–Kier alpha value is -3.22. The summed E-state index contributed by atoms with van der Waals surface area (Å²) in [5.41, 5.74) is 6.85. The average Bonchev–Trinajstić information content (AvgIpc) is 2.65. The standard InChI is InChI=1S/C19H22N2O5/c1-24-15-10-12(11-16(25-2)18(15)26-3)8-9-17(22)21-14-7-5-4-6-13(14)19(20)23/h4-7,10-11H,8-9H2,1-3H3,(H2,20,23)(H,21,22). The van der Waals surface area contributed by atoms with E-state index < -0.39 is 5.91 Å². The van der Waals surface area contributed by atoms with E-state index in [4.69, 9.17) is 19.9 Å². The van der Waals surface area contributed by atoms with Crippen molar-refractivity contribution < 1.29 is 23.8 Å². The summed E-state index contributed by atoms with van der Waals surface area (Å²) in [5, 5.41) is 2.71. The van der Waals surface area contributed by atoms with Gasteiger partial charge >= 0.3 is 0 Å². The van der Waals surface area contributed by atoms with E-state index in [1.807, 2.05) is 0 Å². The van der Waals surface area contributed by atoms with Gasteiger partial charge in [0.05, 0.1) is 32.6 Å². The van der Waals surface area contributed by atoms with Crippen LogP contribution in [-0.4, -0.2) is 33.1 Å². The molecule has 0 saturated carbocycles. The third kappa shape index (κ3) is 4.44. The molecule has 0 radical (unpaired) electrons. The zero-order valence-corrected chi connectivity index (χ0v) is 15.0. The molecule has 2 rings (SSSR count). The molecular weight excluding hydrogens is 336 g/mol. The maximum Gasteiger partial charge on any atom is 0.250 e. The molecular formula is C19H22N2O5. The molecule has 0 aromatic heterocycles. The number of nitrogens with one attached hydrogen (secondary N) is 1. The quantitative estimate of drug-likeness (QED) is 0.755. The third-order valence-electron chi connectivity index (χ3n) is 3.83. The number of ether oxygens (including phenoxy) is 3. The summed E-state index contributed by atoms with van der Waals surface area (Å²) in [7, 11) is 4.60. The third-order valence-corrected chi connectivity index (χ3v) is 3.83. The summed E-state index contributed by atoms with van der Waals surface area (Å²) < 4.78 is 15.9. The summed E-state index contributed by atoms with van der Waals surface area (Å²) >= 11 is 0. The van der Waals surface area contributed by atoms with Crippen molar-refractivity contribution in [2.45, 2.75) is 12.8 Å². The van der Waals surface area contributed by atoms with Gasteiger partial charge in [0.2, 0.25) is 11.7 Å². The van der Waals surface area contributed by atoms with Gasteiger partial charge in [0.1, 0.15) is 0 Å². The SMILES string of the molecule is COc1cc(CCC(=O)Nc2ccccc2C(N)=O)cc(OC)c1OC. The van der Waals surface area contributed by atoms with Crippen LogP contribution in [-0.2, 0) is 11.2 Å². The van der Waals surface area contributed by atoms with Crippen LogP contribution in [0.2, 0.25) is 0 Å². The Bertz CT molecular complexity index is 779. The molecule has 0 bridgehead atoms. The van der Waals surface area contributed by atoms with Crippen molar-refractivity contribution in [3.8, 4) is 17.2 Å². The van der Waals surface area contributed by atoms with Gasteiger partial charge in [-0.25, -0.2) is 0 Å². The van der Waals surface area contributed by atoms with Gasteiger partial charge in [-0.3, -0.25) is 9.59 Å². The number of hydrogen-bond acceptors (Lipinski definition) is 5. The van der Waals surface area contributed by atoms with E-state index in [0.717, 1.165) is 5.56 Å². The predicted molar refractivity (Wildman–Crippen MR) is 98.0 cm³/mol. The summed E-state index contributed by atoms with van der Waals surface area (Å²) in [6, 6.07) is 10.2. The van der Waals surface area contributed by atoms with Crippen molar-refractivity contribution >= 4 is 17.5 Å². The van der Waals surface area contributed by atoms with Crippen molar-refractivity contribution in [1.29, 1.82) is 0 Å². The van der Waals surface area contributed by atoms with Crippen molar-refractivity contribution in [3.05, 3.63) is 47.5 Å².